The first-order valence-corrected chi connectivity index (χ1v) is 7.24. The Hall–Kier alpha value is -1.60. The number of rotatable bonds is 8. The van der Waals surface area contributed by atoms with Gasteiger partial charge in [-0.3, -0.25) is 0 Å². The van der Waals surface area contributed by atoms with E-state index in [2.05, 4.69) is 19.2 Å². The summed E-state index contributed by atoms with van der Waals surface area (Å²) < 4.78 is 27.8. The van der Waals surface area contributed by atoms with Gasteiger partial charge in [0.25, 0.3) is 0 Å². The second kappa shape index (κ2) is 8.55. The molecule has 0 aliphatic rings. The maximum Gasteiger partial charge on any atom is 0.130 e. The summed E-state index contributed by atoms with van der Waals surface area (Å²) in [5, 5.41) is 0. The van der Waals surface area contributed by atoms with Crippen LogP contribution in [0.1, 0.15) is 56.6 Å². The predicted octanol–water partition coefficient (Wildman–Crippen LogP) is 4.95. The van der Waals surface area contributed by atoms with Gasteiger partial charge in [0.15, 0.2) is 0 Å². The van der Waals surface area contributed by atoms with Gasteiger partial charge in [-0.25, -0.2) is 8.78 Å². The Bertz CT molecular complexity index is 465. The first-order valence-electron chi connectivity index (χ1n) is 7.24. The zero-order valence-corrected chi connectivity index (χ0v) is 12.1. The third kappa shape index (κ3) is 4.82. The maximum absolute atomic E-state index is 13.9. The van der Waals surface area contributed by atoms with Crippen LogP contribution >= 0.6 is 0 Å². The number of halogens is 2. The summed E-state index contributed by atoms with van der Waals surface area (Å²) in [4.78, 5) is 0. The second-order valence-electron chi connectivity index (χ2n) is 5.03. The lowest BCUT2D eigenvalue weighted by Gasteiger charge is -2.08. The van der Waals surface area contributed by atoms with E-state index < -0.39 is 11.6 Å². The molecule has 2 N–H and O–H groups in total. The molecule has 0 spiro atoms. The quantitative estimate of drug-likeness (QED) is 0.528. The van der Waals surface area contributed by atoms with Gasteiger partial charge in [-0.1, -0.05) is 45.6 Å². The molecule has 1 aromatic carbocycles. The molecule has 0 unspecified atom stereocenters. The Morgan fingerprint density at radius 2 is 1.65 bits per heavy atom. The molecule has 0 radical (unpaired) electrons. The van der Waals surface area contributed by atoms with Crippen molar-refractivity contribution in [2.24, 2.45) is 5.73 Å². The van der Waals surface area contributed by atoms with Crippen LogP contribution in [0.25, 0.3) is 5.70 Å². The van der Waals surface area contributed by atoms with Crippen LogP contribution in [0.2, 0.25) is 0 Å². The molecule has 0 fully saturated rings. The molecule has 1 rings (SSSR count). The third-order valence-electron chi connectivity index (χ3n) is 3.42. The molecule has 1 nitrogen and oxygen atoms in total. The van der Waals surface area contributed by atoms with E-state index >= 15 is 0 Å². The highest BCUT2D eigenvalue weighted by Gasteiger charge is 2.11. The van der Waals surface area contributed by atoms with Crippen molar-refractivity contribution in [3.63, 3.8) is 0 Å². The number of hydrogen-bond donors (Lipinski definition) is 1. The van der Waals surface area contributed by atoms with Gasteiger partial charge >= 0.3 is 0 Å². The normalized spacial score (nSPS) is 10.3. The van der Waals surface area contributed by atoms with Crippen molar-refractivity contribution in [2.45, 2.75) is 51.9 Å². The predicted molar refractivity (Wildman–Crippen MR) is 80.2 cm³/mol. The summed E-state index contributed by atoms with van der Waals surface area (Å²) in [5.74, 6) is -1.07. The van der Waals surface area contributed by atoms with Crippen molar-refractivity contribution in [3.05, 3.63) is 47.2 Å². The molecule has 0 aliphatic heterocycles. The Balaban J connectivity index is 2.61. The number of benzene rings is 1. The van der Waals surface area contributed by atoms with E-state index in [-0.39, 0.29) is 11.3 Å². The molecular weight excluding hydrogens is 256 g/mol. The number of nitrogens with two attached hydrogens (primary N) is 1. The SMILES string of the molecule is C=C=C(N)c1cc(F)c(CCCCCCCC)c(F)c1. The smallest absolute Gasteiger partial charge is 0.130 e. The van der Waals surface area contributed by atoms with Crippen LogP contribution in [-0.4, -0.2) is 0 Å². The van der Waals surface area contributed by atoms with Gasteiger partial charge in [0.1, 0.15) is 11.6 Å². The highest BCUT2D eigenvalue weighted by molar-refractivity contribution is 5.62. The molecule has 110 valence electrons. The van der Waals surface area contributed by atoms with Crippen molar-refractivity contribution in [3.8, 4) is 0 Å². The van der Waals surface area contributed by atoms with Crippen molar-refractivity contribution >= 4 is 5.70 Å². The topological polar surface area (TPSA) is 26.0 Å². The zero-order valence-electron chi connectivity index (χ0n) is 12.1. The van der Waals surface area contributed by atoms with Crippen LogP contribution in [0.15, 0.2) is 24.4 Å². The Kier molecular flexibility index (Phi) is 7.03. The minimum atomic E-state index is -0.535. The molecule has 3 heteroatoms. The molecule has 0 saturated heterocycles. The lowest BCUT2D eigenvalue weighted by atomic mass is 10.0. The molecule has 1 aromatic rings. The lowest BCUT2D eigenvalue weighted by Crippen LogP contribution is -2.02. The second-order valence-corrected chi connectivity index (χ2v) is 5.03. The van der Waals surface area contributed by atoms with E-state index in [1.165, 1.54) is 31.4 Å². The van der Waals surface area contributed by atoms with Gasteiger partial charge in [0, 0.05) is 11.1 Å². The van der Waals surface area contributed by atoms with Crippen LogP contribution in [0, 0.1) is 11.6 Å². The van der Waals surface area contributed by atoms with Gasteiger partial charge in [0.2, 0.25) is 0 Å². The van der Waals surface area contributed by atoms with Gasteiger partial charge in [-0.2, -0.15) is 0 Å². The molecule has 0 bridgehead atoms. The Morgan fingerprint density at radius 1 is 1.10 bits per heavy atom. The maximum atomic E-state index is 13.9. The monoisotopic (exact) mass is 279 g/mol. The first kappa shape index (κ1) is 16.5. The Labute approximate surface area is 120 Å². The van der Waals surface area contributed by atoms with Gasteiger partial charge in [0.05, 0.1) is 5.70 Å². The fraction of sp³-hybridized carbons (Fsp3) is 0.471. The summed E-state index contributed by atoms with van der Waals surface area (Å²) in [6, 6.07) is 2.51. The molecular formula is C17H23F2N. The van der Waals surface area contributed by atoms with Crippen LogP contribution in [-0.2, 0) is 6.42 Å². The average molecular weight is 279 g/mol. The molecule has 0 heterocycles. The standard InChI is InChI=1S/C17H23F2N/c1-3-5-6-7-8-9-10-14-15(18)11-13(12-16(14)19)17(20)4-2/h11-12H,2-3,5-10,20H2,1H3. The summed E-state index contributed by atoms with van der Waals surface area (Å²) >= 11 is 0. The van der Waals surface area contributed by atoms with Crippen LogP contribution in [0.3, 0.4) is 0 Å². The molecule has 20 heavy (non-hydrogen) atoms. The van der Waals surface area contributed by atoms with Crippen molar-refractivity contribution in [1.82, 2.24) is 0 Å². The fourth-order valence-electron chi connectivity index (χ4n) is 2.18. The van der Waals surface area contributed by atoms with Gasteiger partial charge < -0.3 is 5.73 Å². The van der Waals surface area contributed by atoms with Crippen molar-refractivity contribution in [1.29, 1.82) is 0 Å². The van der Waals surface area contributed by atoms with E-state index in [9.17, 15) is 8.78 Å². The van der Waals surface area contributed by atoms with E-state index in [1.807, 2.05) is 0 Å². The van der Waals surface area contributed by atoms with E-state index in [1.54, 1.807) is 0 Å². The zero-order chi connectivity index (χ0) is 15.0. The third-order valence-corrected chi connectivity index (χ3v) is 3.42. The largest absolute Gasteiger partial charge is 0.392 e. The minimum Gasteiger partial charge on any atom is -0.392 e. The minimum absolute atomic E-state index is 0.154. The summed E-state index contributed by atoms with van der Waals surface area (Å²) in [6.07, 6.45) is 7.00. The van der Waals surface area contributed by atoms with E-state index in [4.69, 9.17) is 5.73 Å². The molecule has 0 amide bonds. The highest BCUT2D eigenvalue weighted by Crippen LogP contribution is 2.20. The Morgan fingerprint density at radius 3 is 2.20 bits per heavy atom. The number of unbranched alkanes of at least 4 members (excludes halogenated alkanes) is 5. The molecule has 0 aliphatic carbocycles. The lowest BCUT2D eigenvalue weighted by molar-refractivity contribution is 0.538. The summed E-state index contributed by atoms with van der Waals surface area (Å²) in [5.41, 5.74) is 8.61. The fourth-order valence-corrected chi connectivity index (χ4v) is 2.18. The van der Waals surface area contributed by atoms with Crippen LogP contribution in [0.5, 0.6) is 0 Å². The number of hydrogen-bond acceptors (Lipinski definition) is 1. The molecule has 0 aromatic heterocycles. The molecule has 0 saturated carbocycles. The van der Waals surface area contributed by atoms with Crippen molar-refractivity contribution < 1.29 is 8.78 Å². The highest BCUT2D eigenvalue weighted by atomic mass is 19.1. The van der Waals surface area contributed by atoms with Crippen molar-refractivity contribution in [2.75, 3.05) is 0 Å². The average Bonchev–Trinajstić information content (AvgIpc) is 2.43. The van der Waals surface area contributed by atoms with Gasteiger partial charge in [-0.05, 0) is 25.0 Å². The first-order chi connectivity index (χ1) is 9.60. The van der Waals surface area contributed by atoms with Gasteiger partial charge in [-0.15, -0.1) is 5.73 Å². The van der Waals surface area contributed by atoms with Crippen LogP contribution in [0.4, 0.5) is 8.78 Å². The van der Waals surface area contributed by atoms with E-state index in [0.717, 1.165) is 19.3 Å². The summed E-state index contributed by atoms with van der Waals surface area (Å²) in [7, 11) is 0. The van der Waals surface area contributed by atoms with E-state index in [0.29, 0.717) is 12.0 Å². The summed E-state index contributed by atoms with van der Waals surface area (Å²) in [6.45, 7) is 5.53. The van der Waals surface area contributed by atoms with Crippen LogP contribution < -0.4 is 5.73 Å². The molecule has 0 atom stereocenters.